The zero-order valence-electron chi connectivity index (χ0n) is 10.3. The number of hydrogen-bond acceptors (Lipinski definition) is 4. The summed E-state index contributed by atoms with van der Waals surface area (Å²) in [6.45, 7) is 1.33. The van der Waals surface area contributed by atoms with Crippen LogP contribution in [0.3, 0.4) is 0 Å². The van der Waals surface area contributed by atoms with Crippen molar-refractivity contribution in [1.29, 1.82) is 0 Å². The van der Waals surface area contributed by atoms with E-state index in [0.29, 0.717) is 0 Å². The van der Waals surface area contributed by atoms with Crippen LogP contribution in [0.1, 0.15) is 6.92 Å². The molecule has 0 spiro atoms. The number of nitrogen functional groups attached to an aromatic ring is 1. The Balaban J connectivity index is 3.30. The topological polar surface area (TPSA) is 80.5 Å². The number of amides is 1. The molecule has 0 bridgehead atoms. The summed E-state index contributed by atoms with van der Waals surface area (Å²) in [5, 5.41) is -0.944. The average molecular weight is 291 g/mol. The maximum Gasteiger partial charge on any atom is 0.240 e. The molecule has 1 unspecified atom stereocenters. The molecule has 0 aromatic heterocycles. The van der Waals surface area contributed by atoms with Crippen molar-refractivity contribution in [2.24, 2.45) is 0 Å². The van der Waals surface area contributed by atoms with E-state index in [4.69, 9.17) is 17.3 Å². The molecule has 0 aliphatic rings. The minimum Gasteiger partial charge on any atom is -0.398 e. The fourth-order valence-electron chi connectivity index (χ4n) is 1.44. The minimum absolute atomic E-state index is 0.0813. The van der Waals surface area contributed by atoms with Crippen molar-refractivity contribution in [2.75, 3.05) is 19.8 Å². The summed E-state index contributed by atoms with van der Waals surface area (Å²) < 4.78 is 24.5. The lowest BCUT2D eigenvalue weighted by Gasteiger charge is -2.18. The molecule has 0 aliphatic heterocycles. The molecule has 2 N–H and O–H groups in total. The van der Waals surface area contributed by atoms with Crippen LogP contribution in [0.5, 0.6) is 0 Å². The predicted molar refractivity (Wildman–Crippen MR) is 71.2 cm³/mol. The van der Waals surface area contributed by atoms with Crippen LogP contribution < -0.4 is 5.73 Å². The van der Waals surface area contributed by atoms with Crippen LogP contribution in [-0.2, 0) is 14.6 Å². The van der Waals surface area contributed by atoms with Crippen molar-refractivity contribution < 1.29 is 13.2 Å². The number of benzene rings is 1. The summed E-state index contributed by atoms with van der Waals surface area (Å²) in [5.41, 5.74) is 5.71. The molecule has 0 aliphatic carbocycles. The highest BCUT2D eigenvalue weighted by Gasteiger charge is 2.32. The first-order chi connectivity index (χ1) is 8.17. The maximum atomic E-state index is 12.3. The summed E-state index contributed by atoms with van der Waals surface area (Å²) in [6, 6.07) is 4.15. The Morgan fingerprint density at radius 3 is 2.44 bits per heavy atom. The zero-order chi connectivity index (χ0) is 14.1. The largest absolute Gasteiger partial charge is 0.398 e. The predicted octanol–water partition coefficient (Wildman–Crippen LogP) is 1.17. The lowest BCUT2D eigenvalue weighted by Crippen LogP contribution is -2.37. The fourth-order valence-corrected chi connectivity index (χ4v) is 3.22. The second kappa shape index (κ2) is 5.16. The first-order valence-electron chi connectivity index (χ1n) is 5.18. The van der Waals surface area contributed by atoms with E-state index in [9.17, 15) is 13.2 Å². The molecule has 0 radical (unpaired) electrons. The van der Waals surface area contributed by atoms with Crippen molar-refractivity contribution in [3.8, 4) is 0 Å². The third kappa shape index (κ3) is 2.76. The van der Waals surface area contributed by atoms with Gasteiger partial charge in [-0.2, -0.15) is 0 Å². The molecular weight excluding hydrogens is 276 g/mol. The van der Waals surface area contributed by atoms with Crippen molar-refractivity contribution in [3.63, 3.8) is 0 Å². The Hall–Kier alpha value is -1.27. The van der Waals surface area contributed by atoms with Crippen molar-refractivity contribution in [2.45, 2.75) is 17.1 Å². The van der Waals surface area contributed by atoms with Crippen LogP contribution in [0.15, 0.2) is 23.1 Å². The molecule has 1 rings (SSSR count). The molecule has 7 heteroatoms. The van der Waals surface area contributed by atoms with Crippen LogP contribution in [0.25, 0.3) is 0 Å². The highest BCUT2D eigenvalue weighted by molar-refractivity contribution is 7.93. The van der Waals surface area contributed by atoms with Crippen molar-refractivity contribution >= 4 is 33.0 Å². The number of nitrogens with zero attached hydrogens (tertiary/aromatic N) is 1. The van der Waals surface area contributed by atoms with E-state index in [1.54, 1.807) is 0 Å². The summed E-state index contributed by atoms with van der Waals surface area (Å²) in [6.07, 6.45) is 0. The van der Waals surface area contributed by atoms with Gasteiger partial charge in [0.15, 0.2) is 9.84 Å². The van der Waals surface area contributed by atoms with Gasteiger partial charge >= 0.3 is 0 Å². The van der Waals surface area contributed by atoms with E-state index in [2.05, 4.69) is 0 Å². The number of rotatable bonds is 3. The van der Waals surface area contributed by atoms with Crippen LogP contribution in [-0.4, -0.2) is 38.6 Å². The summed E-state index contributed by atoms with van der Waals surface area (Å²) in [5.74, 6) is -0.505. The summed E-state index contributed by atoms with van der Waals surface area (Å²) in [7, 11) is -0.846. The lowest BCUT2D eigenvalue weighted by molar-refractivity contribution is -0.127. The molecule has 100 valence electrons. The van der Waals surface area contributed by atoms with Gasteiger partial charge in [0.1, 0.15) is 5.25 Å². The monoisotopic (exact) mass is 290 g/mol. The Morgan fingerprint density at radius 2 is 1.94 bits per heavy atom. The molecule has 0 saturated carbocycles. The van der Waals surface area contributed by atoms with E-state index in [1.807, 2.05) is 0 Å². The highest BCUT2D eigenvalue weighted by Crippen LogP contribution is 2.26. The second-order valence-corrected chi connectivity index (χ2v) is 6.78. The van der Waals surface area contributed by atoms with E-state index in [0.717, 1.165) is 0 Å². The Kier molecular flexibility index (Phi) is 4.24. The van der Waals surface area contributed by atoms with E-state index in [1.165, 1.54) is 44.1 Å². The first-order valence-corrected chi connectivity index (χ1v) is 7.10. The van der Waals surface area contributed by atoms with Crippen LogP contribution in [0.2, 0.25) is 5.02 Å². The average Bonchev–Trinajstić information content (AvgIpc) is 2.29. The lowest BCUT2D eigenvalue weighted by atomic mass is 10.3. The van der Waals surface area contributed by atoms with Gasteiger partial charge in [-0.3, -0.25) is 4.79 Å². The van der Waals surface area contributed by atoms with Gasteiger partial charge in [0.2, 0.25) is 5.91 Å². The summed E-state index contributed by atoms with van der Waals surface area (Å²) in [4.78, 5) is 12.8. The third-order valence-electron chi connectivity index (χ3n) is 2.54. The molecule has 1 aromatic carbocycles. The molecule has 0 heterocycles. The van der Waals surface area contributed by atoms with Crippen LogP contribution in [0.4, 0.5) is 5.69 Å². The number of sulfone groups is 1. The smallest absolute Gasteiger partial charge is 0.240 e. The number of halogens is 1. The van der Waals surface area contributed by atoms with Gasteiger partial charge in [0.25, 0.3) is 0 Å². The Labute approximate surface area is 111 Å². The van der Waals surface area contributed by atoms with Crippen LogP contribution >= 0.6 is 11.6 Å². The van der Waals surface area contributed by atoms with Gasteiger partial charge in [-0.15, -0.1) is 0 Å². The zero-order valence-corrected chi connectivity index (χ0v) is 11.9. The number of anilines is 1. The number of hydrogen-bond donors (Lipinski definition) is 1. The molecule has 5 nitrogen and oxygen atoms in total. The van der Waals surface area contributed by atoms with Gasteiger partial charge in [-0.25, -0.2) is 8.42 Å². The van der Waals surface area contributed by atoms with Gasteiger partial charge < -0.3 is 10.6 Å². The maximum absolute atomic E-state index is 12.3. The number of carbonyl (C=O) groups is 1. The molecule has 1 atom stereocenters. The third-order valence-corrected chi connectivity index (χ3v) is 4.87. The van der Waals surface area contributed by atoms with Crippen molar-refractivity contribution in [3.05, 3.63) is 23.2 Å². The standard InChI is InChI=1S/C11H15ClN2O3S/c1-7(11(15)14(2)3)18(16,17)10-6-8(12)4-5-9(10)13/h4-7H,13H2,1-3H3. The van der Waals surface area contributed by atoms with E-state index >= 15 is 0 Å². The van der Waals surface area contributed by atoms with E-state index < -0.39 is 21.0 Å². The second-order valence-electron chi connectivity index (χ2n) is 4.10. The van der Waals surface area contributed by atoms with Gasteiger partial charge in [0, 0.05) is 19.1 Å². The first kappa shape index (κ1) is 14.8. The van der Waals surface area contributed by atoms with E-state index in [-0.39, 0.29) is 15.6 Å². The van der Waals surface area contributed by atoms with Crippen molar-refractivity contribution in [1.82, 2.24) is 4.90 Å². The number of nitrogens with two attached hydrogens (primary N) is 1. The quantitative estimate of drug-likeness (QED) is 0.848. The van der Waals surface area contributed by atoms with Crippen LogP contribution in [0, 0.1) is 0 Å². The fraction of sp³-hybridized carbons (Fsp3) is 0.364. The Morgan fingerprint density at radius 1 is 1.39 bits per heavy atom. The van der Waals surface area contributed by atoms with Gasteiger partial charge in [-0.1, -0.05) is 11.6 Å². The Bertz CT molecular complexity index is 570. The highest BCUT2D eigenvalue weighted by atomic mass is 35.5. The molecular formula is C11H15ClN2O3S. The minimum atomic E-state index is -3.84. The van der Waals surface area contributed by atoms with Gasteiger partial charge in [-0.05, 0) is 25.1 Å². The molecule has 1 aromatic rings. The van der Waals surface area contributed by atoms with Gasteiger partial charge in [0.05, 0.1) is 10.6 Å². The molecule has 0 fully saturated rings. The molecule has 0 saturated heterocycles. The number of carbonyl (C=O) groups excluding carboxylic acids is 1. The normalized spacial score (nSPS) is 13.1. The SMILES string of the molecule is CC(C(=O)N(C)C)S(=O)(=O)c1cc(Cl)ccc1N. The molecule has 1 amide bonds. The summed E-state index contributed by atoms with van der Waals surface area (Å²) >= 11 is 5.75. The molecule has 18 heavy (non-hydrogen) atoms.